The molecule has 0 aromatic rings. The van der Waals surface area contributed by atoms with Gasteiger partial charge in [-0.05, 0) is 32.4 Å². The van der Waals surface area contributed by atoms with E-state index in [1.165, 1.54) is 6.42 Å². The normalized spacial score (nSPS) is 22.1. The third kappa shape index (κ3) is 2.21. The first-order valence-corrected chi connectivity index (χ1v) is 4.72. The van der Waals surface area contributed by atoms with Crippen molar-refractivity contribution in [1.29, 1.82) is 0 Å². The minimum atomic E-state index is -0.667. The van der Waals surface area contributed by atoms with Crippen LogP contribution >= 0.6 is 0 Å². The highest BCUT2D eigenvalue weighted by atomic mass is 16.4. The summed E-state index contributed by atoms with van der Waals surface area (Å²) in [6, 6.07) is -0.245. The van der Waals surface area contributed by atoms with Crippen LogP contribution in [0.2, 0.25) is 0 Å². The van der Waals surface area contributed by atoms with Crippen molar-refractivity contribution in [3.8, 4) is 0 Å². The Hall–Kier alpha value is -0.570. The van der Waals surface area contributed by atoms with Crippen LogP contribution in [0.15, 0.2) is 0 Å². The average Bonchev–Trinajstić information content (AvgIpc) is 2.07. The van der Waals surface area contributed by atoms with Crippen LogP contribution in [0.25, 0.3) is 0 Å². The van der Waals surface area contributed by atoms with Crippen molar-refractivity contribution in [2.24, 2.45) is 0 Å². The first-order chi connectivity index (χ1) is 5.75. The molecule has 1 aliphatic heterocycles. The fraction of sp³-hybridized carbons (Fsp3) is 0.889. The fourth-order valence-electron chi connectivity index (χ4n) is 1.82. The maximum Gasteiger partial charge on any atom is 0.320 e. The van der Waals surface area contributed by atoms with Crippen LogP contribution in [0.4, 0.5) is 0 Å². The predicted molar refractivity (Wildman–Crippen MR) is 47.1 cm³/mol. The van der Waals surface area contributed by atoms with Gasteiger partial charge in [0.2, 0.25) is 0 Å². The lowest BCUT2D eigenvalue weighted by Crippen LogP contribution is -2.43. The molecule has 3 heteroatoms. The van der Waals surface area contributed by atoms with Crippen LogP contribution in [0.1, 0.15) is 32.6 Å². The second-order valence-electron chi connectivity index (χ2n) is 3.36. The van der Waals surface area contributed by atoms with Gasteiger partial charge in [-0.15, -0.1) is 0 Å². The van der Waals surface area contributed by atoms with Crippen LogP contribution < -0.4 is 0 Å². The number of nitrogens with zero attached hydrogens (tertiary/aromatic N) is 1. The molecular weight excluding hydrogens is 154 g/mol. The molecule has 0 amide bonds. The summed E-state index contributed by atoms with van der Waals surface area (Å²) >= 11 is 0. The van der Waals surface area contributed by atoms with Crippen molar-refractivity contribution in [3.63, 3.8) is 0 Å². The van der Waals surface area contributed by atoms with E-state index in [1.54, 1.807) is 0 Å². The van der Waals surface area contributed by atoms with Gasteiger partial charge in [-0.2, -0.15) is 0 Å². The zero-order valence-electron chi connectivity index (χ0n) is 7.62. The van der Waals surface area contributed by atoms with Crippen LogP contribution in [0.5, 0.6) is 0 Å². The molecule has 1 atom stereocenters. The molecule has 0 aromatic heterocycles. The maximum atomic E-state index is 10.8. The van der Waals surface area contributed by atoms with Crippen molar-refractivity contribution in [3.05, 3.63) is 0 Å². The van der Waals surface area contributed by atoms with E-state index >= 15 is 0 Å². The molecule has 1 fully saturated rings. The quantitative estimate of drug-likeness (QED) is 0.696. The molecule has 1 unspecified atom stereocenters. The molecule has 0 saturated carbocycles. The summed E-state index contributed by atoms with van der Waals surface area (Å²) in [5.74, 6) is -0.667. The molecule has 1 N–H and O–H groups in total. The second kappa shape index (κ2) is 4.45. The molecule has 0 aromatic carbocycles. The monoisotopic (exact) mass is 171 g/mol. The van der Waals surface area contributed by atoms with Gasteiger partial charge in [0.15, 0.2) is 0 Å². The topological polar surface area (TPSA) is 40.5 Å². The second-order valence-corrected chi connectivity index (χ2v) is 3.36. The van der Waals surface area contributed by atoms with Crippen LogP contribution in [0.3, 0.4) is 0 Å². The Morgan fingerprint density at radius 1 is 1.42 bits per heavy atom. The predicted octanol–water partition coefficient (Wildman–Crippen LogP) is 1.34. The number of hydrogen-bond donors (Lipinski definition) is 1. The molecule has 1 saturated heterocycles. The number of carboxylic acid groups (broad SMARTS) is 1. The Kier molecular flexibility index (Phi) is 3.53. The first-order valence-electron chi connectivity index (χ1n) is 4.72. The smallest absolute Gasteiger partial charge is 0.320 e. The number of aliphatic carboxylic acids is 1. The van der Waals surface area contributed by atoms with E-state index in [0.29, 0.717) is 0 Å². The lowest BCUT2D eigenvalue weighted by Gasteiger charge is -2.31. The van der Waals surface area contributed by atoms with Gasteiger partial charge >= 0.3 is 5.97 Å². The number of hydrogen-bond acceptors (Lipinski definition) is 2. The van der Waals surface area contributed by atoms with E-state index < -0.39 is 5.97 Å². The number of likely N-dealkylation sites (tertiary alicyclic amines) is 1. The Balaban J connectivity index is 2.46. The van der Waals surface area contributed by atoms with Crippen LogP contribution in [-0.4, -0.2) is 35.1 Å². The van der Waals surface area contributed by atoms with Crippen LogP contribution in [-0.2, 0) is 4.79 Å². The van der Waals surface area contributed by atoms with E-state index in [2.05, 4.69) is 4.90 Å². The Morgan fingerprint density at radius 2 is 2.00 bits per heavy atom. The Bertz CT molecular complexity index is 153. The molecule has 0 radical (unpaired) electrons. The number of rotatable bonds is 3. The summed E-state index contributed by atoms with van der Waals surface area (Å²) in [7, 11) is 0. The zero-order valence-corrected chi connectivity index (χ0v) is 7.62. The summed E-state index contributed by atoms with van der Waals surface area (Å²) in [6.07, 6.45) is 4.29. The highest BCUT2D eigenvalue weighted by Gasteiger charge is 2.24. The summed E-state index contributed by atoms with van der Waals surface area (Å²) < 4.78 is 0. The minimum absolute atomic E-state index is 0.245. The standard InChI is InChI=1S/C9H17NO2/c1-2-8(9(11)12)10-6-4-3-5-7-10/h8H,2-7H2,1H3,(H,11,12). The van der Waals surface area contributed by atoms with Crippen molar-refractivity contribution in [1.82, 2.24) is 4.90 Å². The van der Waals surface area contributed by atoms with E-state index in [4.69, 9.17) is 5.11 Å². The van der Waals surface area contributed by atoms with Gasteiger partial charge in [0, 0.05) is 0 Å². The highest BCUT2D eigenvalue weighted by molar-refractivity contribution is 5.73. The molecule has 0 bridgehead atoms. The average molecular weight is 171 g/mol. The minimum Gasteiger partial charge on any atom is -0.480 e. The van der Waals surface area contributed by atoms with Crippen molar-refractivity contribution in [2.45, 2.75) is 38.6 Å². The van der Waals surface area contributed by atoms with Gasteiger partial charge in [-0.1, -0.05) is 13.3 Å². The molecule has 12 heavy (non-hydrogen) atoms. The van der Waals surface area contributed by atoms with Gasteiger partial charge < -0.3 is 5.11 Å². The zero-order chi connectivity index (χ0) is 8.97. The van der Waals surface area contributed by atoms with E-state index in [0.717, 1.165) is 32.4 Å². The first kappa shape index (κ1) is 9.52. The third-order valence-electron chi connectivity index (χ3n) is 2.50. The van der Waals surface area contributed by atoms with Crippen molar-refractivity contribution >= 4 is 5.97 Å². The van der Waals surface area contributed by atoms with E-state index in [-0.39, 0.29) is 6.04 Å². The van der Waals surface area contributed by atoms with Gasteiger partial charge in [-0.25, -0.2) is 0 Å². The molecular formula is C9H17NO2. The number of carbonyl (C=O) groups is 1. The number of piperidine rings is 1. The molecule has 0 spiro atoms. The molecule has 70 valence electrons. The summed E-state index contributed by atoms with van der Waals surface area (Å²) in [5.41, 5.74) is 0. The molecule has 1 rings (SSSR count). The lowest BCUT2D eigenvalue weighted by molar-refractivity contribution is -0.143. The molecule has 1 heterocycles. The Labute approximate surface area is 73.4 Å². The largest absolute Gasteiger partial charge is 0.480 e. The van der Waals surface area contributed by atoms with Gasteiger partial charge in [0.1, 0.15) is 6.04 Å². The summed E-state index contributed by atoms with van der Waals surface area (Å²) in [5, 5.41) is 8.88. The molecule has 1 aliphatic rings. The third-order valence-corrected chi connectivity index (χ3v) is 2.50. The van der Waals surface area contributed by atoms with E-state index in [1.807, 2.05) is 6.92 Å². The van der Waals surface area contributed by atoms with Crippen molar-refractivity contribution < 1.29 is 9.90 Å². The van der Waals surface area contributed by atoms with Gasteiger partial charge in [-0.3, -0.25) is 9.69 Å². The summed E-state index contributed by atoms with van der Waals surface area (Å²) in [4.78, 5) is 12.9. The van der Waals surface area contributed by atoms with Gasteiger partial charge in [0.05, 0.1) is 0 Å². The van der Waals surface area contributed by atoms with E-state index in [9.17, 15) is 4.79 Å². The highest BCUT2D eigenvalue weighted by Crippen LogP contribution is 2.13. The van der Waals surface area contributed by atoms with Crippen molar-refractivity contribution in [2.75, 3.05) is 13.1 Å². The Morgan fingerprint density at radius 3 is 2.42 bits per heavy atom. The SMILES string of the molecule is CCC(C(=O)O)N1CCCCC1. The fourth-order valence-corrected chi connectivity index (χ4v) is 1.82. The molecule has 0 aliphatic carbocycles. The van der Waals surface area contributed by atoms with Gasteiger partial charge in [0.25, 0.3) is 0 Å². The molecule has 3 nitrogen and oxygen atoms in total. The lowest BCUT2D eigenvalue weighted by atomic mass is 10.1. The number of carboxylic acids is 1. The summed E-state index contributed by atoms with van der Waals surface area (Å²) in [6.45, 7) is 3.86. The maximum absolute atomic E-state index is 10.8. The van der Waals surface area contributed by atoms with Crippen LogP contribution in [0, 0.1) is 0 Å².